The zero-order chi connectivity index (χ0) is 13.2. The highest BCUT2D eigenvalue weighted by Crippen LogP contribution is 2.26. The lowest BCUT2D eigenvalue weighted by Gasteiger charge is -2.12. The molecule has 7 heteroatoms. The normalized spacial score (nSPS) is 12.0. The van der Waals surface area contributed by atoms with Crippen LogP contribution in [-0.4, -0.2) is 15.2 Å². The quantitative estimate of drug-likeness (QED) is 0.849. The van der Waals surface area contributed by atoms with E-state index in [2.05, 4.69) is 36.0 Å². The van der Waals surface area contributed by atoms with Crippen LogP contribution in [0.1, 0.15) is 38.3 Å². The van der Waals surface area contributed by atoms with E-state index in [0.717, 1.165) is 5.76 Å². The third kappa shape index (κ3) is 3.11. The Labute approximate surface area is 109 Å². The summed E-state index contributed by atoms with van der Waals surface area (Å²) < 4.78 is 10.9. The highest BCUT2D eigenvalue weighted by Gasteiger charge is 2.19. The van der Waals surface area contributed by atoms with Gasteiger partial charge in [0, 0.05) is 5.41 Å². The largest absolute Gasteiger partial charge is 0.444 e. The van der Waals surface area contributed by atoms with Crippen molar-refractivity contribution in [3.05, 3.63) is 23.7 Å². The summed E-state index contributed by atoms with van der Waals surface area (Å²) in [4.78, 5) is 4.22. The molecule has 2 heterocycles. The third-order valence-electron chi connectivity index (χ3n) is 2.23. The Morgan fingerprint density at radius 1 is 1.22 bits per heavy atom. The number of hydrogen-bond acceptors (Lipinski definition) is 7. The van der Waals surface area contributed by atoms with Crippen LogP contribution in [0.4, 0.5) is 0 Å². The molecule has 0 saturated carbocycles. The van der Waals surface area contributed by atoms with E-state index in [-0.39, 0.29) is 12.0 Å². The van der Waals surface area contributed by atoms with Crippen LogP contribution in [-0.2, 0) is 17.7 Å². The standard InChI is InChI=1S/C11H16N4O2S/c1-11(2,3)7-5-13-9(16-7)6-18-10-15-14-8(4-12)17-10/h5H,4,6,12H2,1-3H3. The molecule has 0 aliphatic heterocycles. The first-order valence-corrected chi connectivity index (χ1v) is 6.58. The number of nitrogens with two attached hydrogens (primary N) is 1. The second kappa shape index (κ2) is 5.11. The molecule has 0 aliphatic carbocycles. The zero-order valence-corrected chi connectivity index (χ0v) is 11.5. The van der Waals surface area contributed by atoms with E-state index in [1.165, 1.54) is 11.8 Å². The number of nitrogens with zero attached hydrogens (tertiary/aromatic N) is 3. The molecule has 2 rings (SSSR count). The van der Waals surface area contributed by atoms with Gasteiger partial charge in [0.2, 0.25) is 11.8 Å². The van der Waals surface area contributed by atoms with Gasteiger partial charge >= 0.3 is 0 Å². The minimum atomic E-state index is -0.0346. The van der Waals surface area contributed by atoms with Crippen LogP contribution in [0.25, 0.3) is 0 Å². The predicted molar refractivity (Wildman–Crippen MR) is 67.0 cm³/mol. The summed E-state index contributed by atoms with van der Waals surface area (Å²) in [7, 11) is 0. The fourth-order valence-electron chi connectivity index (χ4n) is 1.23. The molecule has 18 heavy (non-hydrogen) atoms. The number of aromatic nitrogens is 3. The van der Waals surface area contributed by atoms with E-state index in [9.17, 15) is 0 Å². The molecule has 2 aromatic rings. The summed E-state index contributed by atoms with van der Waals surface area (Å²) >= 11 is 1.38. The van der Waals surface area contributed by atoms with E-state index < -0.39 is 0 Å². The molecule has 2 N–H and O–H groups in total. The lowest BCUT2D eigenvalue weighted by Crippen LogP contribution is -2.09. The molecule has 0 unspecified atom stereocenters. The molecule has 0 amide bonds. The molecule has 0 aliphatic rings. The summed E-state index contributed by atoms with van der Waals surface area (Å²) in [6.07, 6.45) is 1.76. The van der Waals surface area contributed by atoms with Crippen molar-refractivity contribution in [2.45, 2.75) is 43.7 Å². The van der Waals surface area contributed by atoms with Crippen molar-refractivity contribution in [3.63, 3.8) is 0 Å². The number of hydrogen-bond donors (Lipinski definition) is 1. The molecule has 0 bridgehead atoms. The van der Waals surface area contributed by atoms with Gasteiger partial charge in [0.1, 0.15) is 5.76 Å². The van der Waals surface area contributed by atoms with Gasteiger partial charge in [0.05, 0.1) is 18.5 Å². The maximum Gasteiger partial charge on any atom is 0.277 e. The van der Waals surface area contributed by atoms with Crippen LogP contribution in [0.2, 0.25) is 0 Å². The fourth-order valence-corrected chi connectivity index (χ4v) is 1.86. The van der Waals surface area contributed by atoms with Gasteiger partial charge in [-0.1, -0.05) is 32.5 Å². The van der Waals surface area contributed by atoms with Gasteiger partial charge < -0.3 is 14.6 Å². The van der Waals surface area contributed by atoms with E-state index in [4.69, 9.17) is 14.6 Å². The van der Waals surface area contributed by atoms with E-state index in [1.54, 1.807) is 6.20 Å². The van der Waals surface area contributed by atoms with Crippen LogP contribution >= 0.6 is 11.8 Å². The Kier molecular flexibility index (Phi) is 3.72. The average Bonchev–Trinajstić information content (AvgIpc) is 2.94. The number of thioether (sulfide) groups is 1. The van der Waals surface area contributed by atoms with Crippen LogP contribution in [0.15, 0.2) is 20.3 Å². The second-order valence-corrected chi connectivity index (χ2v) is 5.75. The predicted octanol–water partition coefficient (Wildman–Crippen LogP) is 2.11. The molecule has 0 radical (unpaired) electrons. The van der Waals surface area contributed by atoms with Crippen LogP contribution in [0.3, 0.4) is 0 Å². The van der Waals surface area contributed by atoms with Gasteiger partial charge in [0.15, 0.2) is 0 Å². The van der Waals surface area contributed by atoms with Gasteiger partial charge in [-0.05, 0) is 0 Å². The maximum absolute atomic E-state index is 5.66. The Balaban J connectivity index is 1.96. The van der Waals surface area contributed by atoms with Gasteiger partial charge in [-0.25, -0.2) is 4.98 Å². The molecule has 0 aromatic carbocycles. The topological polar surface area (TPSA) is 91.0 Å². The first-order chi connectivity index (χ1) is 8.49. The Hall–Kier alpha value is -1.34. The summed E-state index contributed by atoms with van der Waals surface area (Å²) in [6.45, 7) is 6.49. The van der Waals surface area contributed by atoms with Crippen LogP contribution in [0.5, 0.6) is 0 Å². The van der Waals surface area contributed by atoms with Gasteiger partial charge in [-0.2, -0.15) is 0 Å². The molecular formula is C11H16N4O2S. The Bertz CT molecular complexity index is 515. The first-order valence-electron chi connectivity index (χ1n) is 5.59. The molecular weight excluding hydrogens is 252 g/mol. The fraction of sp³-hybridized carbons (Fsp3) is 0.545. The van der Waals surface area contributed by atoms with Crippen molar-refractivity contribution in [1.82, 2.24) is 15.2 Å². The van der Waals surface area contributed by atoms with E-state index >= 15 is 0 Å². The van der Waals surface area contributed by atoms with E-state index in [0.29, 0.717) is 22.8 Å². The van der Waals surface area contributed by atoms with Crippen LogP contribution < -0.4 is 5.73 Å². The number of rotatable bonds is 4. The minimum absolute atomic E-state index is 0.0346. The van der Waals surface area contributed by atoms with E-state index in [1.807, 2.05) is 0 Å². The Morgan fingerprint density at radius 3 is 2.56 bits per heavy atom. The lowest BCUT2D eigenvalue weighted by atomic mass is 9.94. The minimum Gasteiger partial charge on any atom is -0.444 e. The summed E-state index contributed by atoms with van der Waals surface area (Å²) in [5.74, 6) is 2.51. The number of oxazole rings is 1. The van der Waals surface area contributed by atoms with Crippen molar-refractivity contribution in [2.24, 2.45) is 5.73 Å². The zero-order valence-electron chi connectivity index (χ0n) is 10.6. The van der Waals surface area contributed by atoms with Crippen molar-refractivity contribution in [2.75, 3.05) is 0 Å². The Morgan fingerprint density at radius 2 is 2.00 bits per heavy atom. The summed E-state index contributed by atoms with van der Waals surface area (Å²) in [5.41, 5.74) is 5.35. The monoisotopic (exact) mass is 268 g/mol. The highest BCUT2D eigenvalue weighted by atomic mass is 32.2. The lowest BCUT2D eigenvalue weighted by molar-refractivity contribution is 0.389. The molecule has 0 saturated heterocycles. The highest BCUT2D eigenvalue weighted by molar-refractivity contribution is 7.98. The van der Waals surface area contributed by atoms with Crippen LogP contribution in [0, 0.1) is 0 Å². The summed E-state index contributed by atoms with van der Waals surface area (Å²) in [5, 5.41) is 8.11. The molecule has 0 fully saturated rings. The molecule has 98 valence electrons. The third-order valence-corrected chi connectivity index (χ3v) is 3.04. The van der Waals surface area contributed by atoms with Crippen molar-refractivity contribution < 1.29 is 8.83 Å². The van der Waals surface area contributed by atoms with Crippen molar-refractivity contribution in [1.29, 1.82) is 0 Å². The van der Waals surface area contributed by atoms with Crippen molar-refractivity contribution >= 4 is 11.8 Å². The average molecular weight is 268 g/mol. The van der Waals surface area contributed by atoms with Crippen molar-refractivity contribution in [3.8, 4) is 0 Å². The first kappa shape index (κ1) is 13.1. The second-order valence-electron chi connectivity index (χ2n) is 4.82. The van der Waals surface area contributed by atoms with Gasteiger partial charge in [0.25, 0.3) is 5.22 Å². The summed E-state index contributed by atoms with van der Waals surface area (Å²) in [6, 6.07) is 0. The van der Waals surface area contributed by atoms with Gasteiger partial charge in [-0.15, -0.1) is 10.2 Å². The molecule has 6 nitrogen and oxygen atoms in total. The molecule has 0 spiro atoms. The molecule has 2 aromatic heterocycles. The maximum atomic E-state index is 5.66. The molecule has 0 atom stereocenters. The SMILES string of the molecule is CC(C)(C)c1cnc(CSc2nnc(CN)o2)o1. The smallest absolute Gasteiger partial charge is 0.277 e. The van der Waals surface area contributed by atoms with Gasteiger partial charge in [-0.3, -0.25) is 0 Å².